The van der Waals surface area contributed by atoms with E-state index in [-0.39, 0.29) is 30.7 Å². The standard InChI is InChI=1S/C33H44N6O4S.C2H6.H2/c1-20(24-10-8-14-39(24)5)43-27-15-26(42-19-32(38(3)4)17-41-18-32)36-31(37-27)29(40)22-9-6-12-33(30(22)35)13-7-11-25-28(33)23(16-34)21(2)44-25;1-2;/h15,20,24H,6-14,17-19,35H2,1-5H3;1-2H3;1H/t20-,24?,33-;;/m0../s1. The Hall–Kier alpha value is -3.04. The zero-order valence-corrected chi connectivity index (χ0v) is 29.4. The monoisotopic (exact) mass is 652 g/mol. The van der Waals surface area contributed by atoms with Gasteiger partial charge in [0.2, 0.25) is 23.4 Å². The molecule has 2 N–H and O–H groups in total. The minimum atomic E-state index is -0.510. The van der Waals surface area contributed by atoms with Crippen molar-refractivity contribution in [3.8, 4) is 17.8 Å². The maximum atomic E-state index is 14.3. The number of allylic oxidation sites excluding steroid dienone is 2. The highest BCUT2D eigenvalue weighted by Gasteiger charge is 2.46. The molecule has 0 aromatic carbocycles. The second-order valence-electron chi connectivity index (χ2n) is 13.2. The minimum Gasteiger partial charge on any atom is -0.475 e. The van der Waals surface area contributed by atoms with Gasteiger partial charge in [0, 0.05) is 33.9 Å². The van der Waals surface area contributed by atoms with Crippen LogP contribution in [0.1, 0.15) is 98.6 Å². The number of likely N-dealkylation sites (tertiary alicyclic amines) is 1. The molecule has 1 unspecified atom stereocenters. The maximum Gasteiger partial charge on any atom is 0.228 e. The molecule has 252 valence electrons. The van der Waals surface area contributed by atoms with Crippen LogP contribution in [-0.2, 0) is 16.6 Å². The number of carbonyl (C=O) groups is 1. The van der Waals surface area contributed by atoms with E-state index in [2.05, 4.69) is 32.9 Å². The average Bonchev–Trinajstić information content (AvgIpc) is 3.60. The lowest BCUT2D eigenvalue weighted by Gasteiger charge is -2.45. The van der Waals surface area contributed by atoms with Crippen LogP contribution < -0.4 is 15.2 Å². The number of nitrogens with two attached hydrogens (primary N) is 1. The normalized spacial score (nSPS) is 24.5. The highest BCUT2D eigenvalue weighted by atomic mass is 32.1. The lowest BCUT2D eigenvalue weighted by molar-refractivity contribution is -0.141. The number of ether oxygens (including phenoxy) is 3. The minimum absolute atomic E-state index is 0. The maximum absolute atomic E-state index is 14.3. The van der Waals surface area contributed by atoms with E-state index in [1.807, 2.05) is 41.8 Å². The number of ketones is 1. The fourth-order valence-electron chi connectivity index (χ4n) is 7.56. The summed E-state index contributed by atoms with van der Waals surface area (Å²) in [5.74, 6) is 0.346. The molecule has 2 aliphatic heterocycles. The SMILES string of the molecule is CC.Cc1sc2c(c1C#N)[C@]1(CCCC(C(=O)c3nc(OCC4(N(C)C)COC4)cc(O[C@@H](C)C4CCCN4C)n3)=C1N)CCC2.[HH]. The Labute approximate surface area is 279 Å². The number of nitrogens with zero attached hydrogens (tertiary/aromatic N) is 5. The zero-order valence-electron chi connectivity index (χ0n) is 28.6. The first-order valence-electron chi connectivity index (χ1n) is 16.8. The number of rotatable bonds is 9. The van der Waals surface area contributed by atoms with Gasteiger partial charge in [-0.05, 0) is 98.5 Å². The van der Waals surface area contributed by atoms with E-state index in [1.165, 1.54) is 4.88 Å². The molecule has 3 atom stereocenters. The molecule has 2 aromatic heterocycles. The van der Waals surface area contributed by atoms with Gasteiger partial charge in [-0.1, -0.05) is 13.8 Å². The number of carbonyl (C=O) groups excluding carboxylic acids is 1. The number of hydrogen-bond acceptors (Lipinski definition) is 11. The fourth-order valence-corrected chi connectivity index (χ4v) is 8.83. The predicted octanol–water partition coefficient (Wildman–Crippen LogP) is 5.42. The molecule has 0 radical (unpaired) electrons. The first-order valence-corrected chi connectivity index (χ1v) is 17.6. The van der Waals surface area contributed by atoms with Crippen LogP contribution >= 0.6 is 11.3 Å². The third kappa shape index (κ3) is 6.17. The topological polar surface area (TPSA) is 127 Å². The largest absolute Gasteiger partial charge is 0.475 e. The van der Waals surface area contributed by atoms with Crippen molar-refractivity contribution in [3.63, 3.8) is 0 Å². The fraction of sp³-hybridized carbons (Fsp3) is 0.657. The van der Waals surface area contributed by atoms with Crippen molar-refractivity contribution < 1.29 is 20.4 Å². The number of aryl methyl sites for hydroxylation is 2. The number of aromatic nitrogens is 2. The van der Waals surface area contributed by atoms with E-state index >= 15 is 0 Å². The lowest BCUT2D eigenvalue weighted by Crippen LogP contribution is -2.63. The number of fused-ring (bicyclic) bond motifs is 2. The van der Waals surface area contributed by atoms with Crippen molar-refractivity contribution in [2.24, 2.45) is 5.73 Å². The van der Waals surface area contributed by atoms with Gasteiger partial charge in [-0.25, -0.2) is 0 Å². The number of nitriles is 1. The van der Waals surface area contributed by atoms with Crippen LogP contribution in [0.3, 0.4) is 0 Å². The van der Waals surface area contributed by atoms with Gasteiger partial charge in [-0.2, -0.15) is 15.2 Å². The third-order valence-corrected chi connectivity index (χ3v) is 11.6. The summed E-state index contributed by atoms with van der Waals surface area (Å²) in [6.45, 7) is 10.6. The Morgan fingerprint density at radius 2 is 1.93 bits per heavy atom. The van der Waals surface area contributed by atoms with E-state index in [1.54, 1.807) is 17.4 Å². The van der Waals surface area contributed by atoms with Gasteiger partial charge >= 0.3 is 0 Å². The van der Waals surface area contributed by atoms with Crippen molar-refractivity contribution in [1.29, 1.82) is 5.26 Å². The van der Waals surface area contributed by atoms with E-state index in [0.717, 1.165) is 67.5 Å². The smallest absolute Gasteiger partial charge is 0.228 e. The van der Waals surface area contributed by atoms with Crippen LogP contribution in [0.2, 0.25) is 0 Å². The Kier molecular flexibility index (Phi) is 10.4. The van der Waals surface area contributed by atoms with Crippen molar-refractivity contribution in [2.45, 2.75) is 102 Å². The highest BCUT2D eigenvalue weighted by molar-refractivity contribution is 7.12. The number of hydrogen-bond donors (Lipinski definition) is 1. The molecular weight excluding hydrogens is 600 g/mol. The summed E-state index contributed by atoms with van der Waals surface area (Å²) in [7, 11) is 6.12. The van der Waals surface area contributed by atoms with E-state index in [9.17, 15) is 10.1 Å². The Balaban J connectivity index is 0.00000164. The summed E-state index contributed by atoms with van der Waals surface area (Å²) in [6, 6.07) is 4.40. The van der Waals surface area contributed by atoms with Crippen LogP contribution in [0, 0.1) is 18.3 Å². The molecule has 6 rings (SSSR count). The molecule has 2 fully saturated rings. The first-order chi connectivity index (χ1) is 22.1. The van der Waals surface area contributed by atoms with Gasteiger partial charge in [-0.15, -0.1) is 11.3 Å². The Bertz CT molecular complexity index is 1520. The summed E-state index contributed by atoms with van der Waals surface area (Å²) < 4.78 is 18.1. The Morgan fingerprint density at radius 1 is 1.24 bits per heavy atom. The Morgan fingerprint density at radius 3 is 2.54 bits per heavy atom. The third-order valence-electron chi connectivity index (χ3n) is 10.4. The molecule has 11 heteroatoms. The zero-order chi connectivity index (χ0) is 33.2. The van der Waals surface area contributed by atoms with Gasteiger partial charge in [0.05, 0.1) is 24.8 Å². The van der Waals surface area contributed by atoms with E-state index in [0.29, 0.717) is 49.3 Å². The molecular formula is C35H52N6O4S. The molecule has 10 nitrogen and oxygen atoms in total. The van der Waals surface area contributed by atoms with Crippen molar-refractivity contribution in [2.75, 3.05) is 47.5 Å². The van der Waals surface area contributed by atoms with Crippen molar-refractivity contribution >= 4 is 17.1 Å². The molecule has 4 aliphatic rings. The van der Waals surface area contributed by atoms with Gasteiger partial charge in [-0.3, -0.25) is 14.6 Å². The molecule has 0 amide bonds. The van der Waals surface area contributed by atoms with Gasteiger partial charge in [0.15, 0.2) is 0 Å². The lowest BCUT2D eigenvalue weighted by atomic mass is 9.62. The molecule has 4 heterocycles. The van der Waals surface area contributed by atoms with Gasteiger partial charge in [0.1, 0.15) is 24.3 Å². The molecule has 0 bridgehead atoms. The summed E-state index contributed by atoms with van der Waals surface area (Å²) in [5, 5.41) is 10.1. The second-order valence-corrected chi connectivity index (χ2v) is 14.5. The second kappa shape index (κ2) is 14.0. The van der Waals surface area contributed by atoms with Crippen molar-refractivity contribution in [1.82, 2.24) is 19.8 Å². The molecule has 2 saturated heterocycles. The van der Waals surface area contributed by atoms with Crippen LogP contribution in [0.4, 0.5) is 0 Å². The summed E-state index contributed by atoms with van der Waals surface area (Å²) in [5.41, 5.74) is 9.13. The number of thiophene rings is 1. The summed E-state index contributed by atoms with van der Waals surface area (Å²) in [4.78, 5) is 30.2. The summed E-state index contributed by atoms with van der Waals surface area (Å²) >= 11 is 1.69. The van der Waals surface area contributed by atoms with Crippen LogP contribution in [0.25, 0.3) is 0 Å². The predicted molar refractivity (Wildman–Crippen MR) is 182 cm³/mol. The molecule has 46 heavy (non-hydrogen) atoms. The number of Topliss-reactive ketones (excluding diaryl/α,β-unsaturated/α-hetero) is 1. The first kappa shape index (κ1) is 34.3. The molecule has 0 saturated carbocycles. The van der Waals surface area contributed by atoms with Gasteiger partial charge < -0.3 is 19.9 Å². The van der Waals surface area contributed by atoms with E-state index < -0.39 is 5.41 Å². The van der Waals surface area contributed by atoms with E-state index in [4.69, 9.17) is 19.9 Å². The summed E-state index contributed by atoms with van der Waals surface area (Å²) in [6.07, 6.45) is 6.96. The molecule has 2 aromatic rings. The quantitative estimate of drug-likeness (QED) is 0.351. The van der Waals surface area contributed by atoms with Crippen molar-refractivity contribution in [3.05, 3.63) is 44.0 Å². The number of likely N-dealkylation sites (N-methyl/N-ethyl adjacent to an activating group) is 2. The van der Waals surface area contributed by atoms with Gasteiger partial charge in [0.25, 0.3) is 0 Å². The molecule has 1 spiro atoms. The van der Waals surface area contributed by atoms with Crippen LogP contribution in [0.15, 0.2) is 17.3 Å². The molecule has 2 aliphatic carbocycles. The average molecular weight is 653 g/mol. The van der Waals surface area contributed by atoms with Crippen LogP contribution in [0.5, 0.6) is 11.8 Å². The van der Waals surface area contributed by atoms with Crippen LogP contribution in [-0.4, -0.2) is 90.7 Å². The highest BCUT2D eigenvalue weighted by Crippen LogP contribution is 2.52.